The number of carbonyl (C=O) groups excluding carboxylic acids is 2. The van der Waals surface area contributed by atoms with E-state index in [1.165, 1.54) is 5.56 Å². The smallest absolute Gasteiger partial charge is 0.254 e. The average Bonchev–Trinajstić information content (AvgIpc) is 2.75. The van der Waals surface area contributed by atoms with Crippen LogP contribution in [0.2, 0.25) is 0 Å². The molecular weight excluding hydrogens is 360 g/mol. The Morgan fingerprint density at radius 1 is 0.931 bits per heavy atom. The Morgan fingerprint density at radius 3 is 2.45 bits per heavy atom. The molecule has 0 spiro atoms. The average molecular weight is 382 g/mol. The van der Waals surface area contributed by atoms with Crippen LogP contribution in [0.5, 0.6) is 0 Å². The predicted molar refractivity (Wildman–Crippen MR) is 113 cm³/mol. The van der Waals surface area contributed by atoms with Crippen molar-refractivity contribution in [1.82, 2.24) is 4.90 Å². The van der Waals surface area contributed by atoms with Crippen molar-refractivity contribution in [2.24, 2.45) is 0 Å². The maximum absolute atomic E-state index is 13.6. The van der Waals surface area contributed by atoms with Gasteiger partial charge < -0.3 is 10.2 Å². The molecule has 2 aliphatic heterocycles. The molecule has 2 atom stereocenters. The molecule has 3 aromatic carbocycles. The summed E-state index contributed by atoms with van der Waals surface area (Å²) >= 11 is 0. The number of anilines is 1. The van der Waals surface area contributed by atoms with Gasteiger partial charge in [-0.15, -0.1) is 0 Å². The van der Waals surface area contributed by atoms with Gasteiger partial charge in [-0.1, -0.05) is 60.7 Å². The number of nitrogens with one attached hydrogen (secondary N) is 1. The second-order valence-corrected chi connectivity index (χ2v) is 7.76. The van der Waals surface area contributed by atoms with Gasteiger partial charge in [0.15, 0.2) is 0 Å². The van der Waals surface area contributed by atoms with Crippen LogP contribution in [-0.2, 0) is 11.2 Å². The van der Waals surface area contributed by atoms with Gasteiger partial charge in [0.25, 0.3) is 5.91 Å². The van der Waals surface area contributed by atoms with Crippen LogP contribution >= 0.6 is 0 Å². The van der Waals surface area contributed by atoms with Crippen LogP contribution in [0.3, 0.4) is 0 Å². The van der Waals surface area contributed by atoms with Crippen molar-refractivity contribution in [3.05, 3.63) is 101 Å². The van der Waals surface area contributed by atoms with Crippen LogP contribution in [0.1, 0.15) is 44.6 Å². The number of nitrogens with zero attached hydrogens (tertiary/aromatic N) is 1. The van der Waals surface area contributed by atoms with Gasteiger partial charge >= 0.3 is 0 Å². The molecule has 0 saturated carbocycles. The van der Waals surface area contributed by atoms with Crippen LogP contribution in [0, 0.1) is 6.92 Å². The Hall–Kier alpha value is -3.40. The number of aryl methyl sites for hydroxylation is 1. The van der Waals surface area contributed by atoms with Crippen molar-refractivity contribution in [2.45, 2.75) is 25.3 Å². The monoisotopic (exact) mass is 382 g/mol. The van der Waals surface area contributed by atoms with Crippen molar-refractivity contribution in [2.75, 3.05) is 11.9 Å². The summed E-state index contributed by atoms with van der Waals surface area (Å²) in [7, 11) is 0. The summed E-state index contributed by atoms with van der Waals surface area (Å²) in [4.78, 5) is 28.7. The summed E-state index contributed by atoms with van der Waals surface area (Å²) in [6.07, 6.45) is 0.812. The van der Waals surface area contributed by atoms with Gasteiger partial charge in [0.2, 0.25) is 5.91 Å². The zero-order valence-corrected chi connectivity index (χ0v) is 16.3. The summed E-state index contributed by atoms with van der Waals surface area (Å²) in [5.41, 5.74) is 5.56. The normalized spacial score (nSPS) is 19.8. The molecule has 144 valence electrons. The molecule has 0 radical (unpaired) electrons. The molecule has 5 rings (SSSR count). The number of hydrogen-bond donors (Lipinski definition) is 1. The number of fused-ring (bicyclic) bond motifs is 4. The lowest BCUT2D eigenvalue weighted by molar-refractivity contribution is -0.119. The van der Waals surface area contributed by atoms with Crippen molar-refractivity contribution in [1.29, 1.82) is 0 Å². The molecular formula is C25H22N2O2. The van der Waals surface area contributed by atoms with Crippen molar-refractivity contribution < 1.29 is 9.59 Å². The predicted octanol–water partition coefficient (Wildman–Crippen LogP) is 4.47. The maximum atomic E-state index is 13.6. The fraction of sp³-hybridized carbons (Fsp3) is 0.200. The lowest BCUT2D eigenvalue weighted by Crippen LogP contribution is -2.49. The third-order valence-corrected chi connectivity index (χ3v) is 6.12. The SMILES string of the molecule is Cc1ccccc1NC(=O)[C@@H]1c2ccccc2C(=O)N2CCc3ccccc3[C@H]12. The Kier molecular flexibility index (Phi) is 4.20. The molecule has 0 bridgehead atoms. The van der Waals surface area contributed by atoms with E-state index in [1.807, 2.05) is 72.5 Å². The van der Waals surface area contributed by atoms with E-state index in [-0.39, 0.29) is 17.9 Å². The minimum absolute atomic E-state index is 0.0139. The van der Waals surface area contributed by atoms with Crippen molar-refractivity contribution in [3.63, 3.8) is 0 Å². The van der Waals surface area contributed by atoms with E-state index in [0.717, 1.165) is 28.8 Å². The quantitative estimate of drug-likeness (QED) is 0.711. The number of hydrogen-bond acceptors (Lipinski definition) is 2. The first-order valence-electron chi connectivity index (χ1n) is 9.99. The summed E-state index contributed by atoms with van der Waals surface area (Å²) in [6.45, 7) is 2.61. The lowest BCUT2D eigenvalue weighted by atomic mass is 9.76. The topological polar surface area (TPSA) is 49.4 Å². The fourth-order valence-corrected chi connectivity index (χ4v) is 4.68. The molecule has 0 aliphatic carbocycles. The largest absolute Gasteiger partial charge is 0.330 e. The van der Waals surface area contributed by atoms with Crippen LogP contribution in [0.15, 0.2) is 72.8 Å². The Bertz CT molecular complexity index is 1120. The molecule has 0 fully saturated rings. The van der Waals surface area contributed by atoms with E-state index in [4.69, 9.17) is 0 Å². The molecule has 4 heteroatoms. The van der Waals surface area contributed by atoms with Gasteiger partial charge in [-0.3, -0.25) is 9.59 Å². The van der Waals surface area contributed by atoms with Gasteiger partial charge in [0.05, 0.1) is 12.0 Å². The molecule has 2 heterocycles. The minimum Gasteiger partial charge on any atom is -0.330 e. The Balaban J connectivity index is 1.64. The Morgan fingerprint density at radius 2 is 1.62 bits per heavy atom. The first-order chi connectivity index (χ1) is 14.1. The second-order valence-electron chi connectivity index (χ2n) is 7.76. The molecule has 3 aromatic rings. The van der Waals surface area contributed by atoms with E-state index < -0.39 is 5.92 Å². The standard InChI is InChI=1S/C25H22N2O2/c1-16-8-2-7-13-21(16)26-24(28)22-19-11-5-6-12-20(19)25(29)27-15-14-17-9-3-4-10-18(17)23(22)27/h2-13,22-23H,14-15H2,1H3,(H,26,28)/t22-,23-/m1/s1. The second kappa shape index (κ2) is 6.89. The highest BCUT2D eigenvalue weighted by Gasteiger charge is 2.46. The first-order valence-corrected chi connectivity index (χ1v) is 9.99. The summed E-state index contributed by atoms with van der Waals surface area (Å²) in [5.74, 6) is -0.518. The third kappa shape index (κ3) is 2.83. The van der Waals surface area contributed by atoms with Gasteiger partial charge in [-0.05, 0) is 47.7 Å². The van der Waals surface area contributed by atoms with Gasteiger partial charge in [-0.25, -0.2) is 0 Å². The summed E-state index contributed by atoms with van der Waals surface area (Å²) in [5, 5.41) is 3.12. The van der Waals surface area contributed by atoms with Crippen LogP contribution < -0.4 is 5.32 Å². The summed E-state index contributed by atoms with van der Waals surface area (Å²) in [6, 6.07) is 23.2. The number of carbonyl (C=O) groups is 2. The Labute approximate surface area is 170 Å². The van der Waals surface area contributed by atoms with Crippen molar-refractivity contribution in [3.8, 4) is 0 Å². The number of rotatable bonds is 2. The highest BCUT2D eigenvalue weighted by Crippen LogP contribution is 2.46. The van der Waals surface area contributed by atoms with Crippen molar-refractivity contribution >= 4 is 17.5 Å². The molecule has 2 amide bonds. The first kappa shape index (κ1) is 17.7. The zero-order chi connectivity index (χ0) is 20.0. The maximum Gasteiger partial charge on any atom is 0.254 e. The fourth-order valence-electron chi connectivity index (χ4n) is 4.68. The molecule has 1 N–H and O–H groups in total. The van der Waals surface area contributed by atoms with Crippen LogP contribution in [-0.4, -0.2) is 23.3 Å². The molecule has 0 aromatic heterocycles. The zero-order valence-electron chi connectivity index (χ0n) is 16.3. The van der Waals surface area contributed by atoms with E-state index in [1.54, 1.807) is 0 Å². The van der Waals surface area contributed by atoms with Gasteiger partial charge in [0.1, 0.15) is 0 Å². The van der Waals surface area contributed by atoms with Gasteiger partial charge in [-0.2, -0.15) is 0 Å². The molecule has 29 heavy (non-hydrogen) atoms. The molecule has 0 unspecified atom stereocenters. The highest BCUT2D eigenvalue weighted by atomic mass is 16.2. The van der Waals surface area contributed by atoms with E-state index in [9.17, 15) is 9.59 Å². The van der Waals surface area contributed by atoms with E-state index >= 15 is 0 Å². The third-order valence-electron chi connectivity index (χ3n) is 6.12. The molecule has 4 nitrogen and oxygen atoms in total. The number of benzene rings is 3. The van der Waals surface area contributed by atoms with E-state index in [2.05, 4.69) is 17.4 Å². The van der Waals surface area contributed by atoms with Gasteiger partial charge in [0, 0.05) is 17.8 Å². The highest BCUT2D eigenvalue weighted by molar-refractivity contribution is 6.04. The number of para-hydroxylation sites is 1. The van der Waals surface area contributed by atoms with E-state index in [0.29, 0.717) is 12.1 Å². The molecule has 2 aliphatic rings. The molecule has 0 saturated heterocycles. The summed E-state index contributed by atoms with van der Waals surface area (Å²) < 4.78 is 0. The number of amides is 2. The lowest BCUT2D eigenvalue weighted by Gasteiger charge is -2.45. The minimum atomic E-state index is -0.454. The van der Waals surface area contributed by atoms with Crippen LogP contribution in [0.25, 0.3) is 0 Å². The van der Waals surface area contributed by atoms with Crippen LogP contribution in [0.4, 0.5) is 5.69 Å².